The summed E-state index contributed by atoms with van der Waals surface area (Å²) in [6.07, 6.45) is 4.77. The average molecular weight is 224 g/mol. The van der Waals surface area contributed by atoms with Gasteiger partial charge in [0.1, 0.15) is 5.92 Å². The molecule has 1 atom stereocenters. The number of rotatable bonds is 3. The van der Waals surface area contributed by atoms with E-state index in [0.29, 0.717) is 5.92 Å². The molecule has 0 saturated heterocycles. The first-order valence-corrected chi connectivity index (χ1v) is 6.21. The smallest absolute Gasteiger partial charge is 0.140 e. The first-order valence-electron chi connectivity index (χ1n) is 6.21. The normalized spacial score (nSPS) is 17.6. The molecule has 0 amide bonds. The Morgan fingerprint density at radius 1 is 1.00 bits per heavy atom. The lowest BCUT2D eigenvalue weighted by Crippen LogP contribution is -2.18. The maximum atomic E-state index is 9.15. The van der Waals surface area contributed by atoms with E-state index in [-0.39, 0.29) is 5.92 Å². The largest absolute Gasteiger partial charge is 0.197 e. The van der Waals surface area contributed by atoms with Crippen molar-refractivity contribution < 1.29 is 0 Å². The SMILES string of the molecule is N#CC(C#N)C(c1ccccc1)C1CCCC1. The molecular weight excluding hydrogens is 208 g/mol. The standard InChI is InChI=1S/C15H16N2/c16-10-14(11-17)15(13-8-4-5-9-13)12-6-2-1-3-7-12/h1-3,6-7,13-15H,4-5,8-9H2. The van der Waals surface area contributed by atoms with Gasteiger partial charge < -0.3 is 0 Å². The molecule has 0 bridgehead atoms. The van der Waals surface area contributed by atoms with Gasteiger partial charge in [-0.15, -0.1) is 0 Å². The highest BCUT2D eigenvalue weighted by Gasteiger charge is 2.32. The van der Waals surface area contributed by atoms with Crippen LogP contribution in [-0.4, -0.2) is 0 Å². The molecule has 1 aromatic rings. The predicted octanol–water partition coefficient (Wildman–Crippen LogP) is 3.62. The van der Waals surface area contributed by atoms with Crippen molar-refractivity contribution in [2.45, 2.75) is 31.6 Å². The van der Waals surface area contributed by atoms with E-state index >= 15 is 0 Å². The summed E-state index contributed by atoms with van der Waals surface area (Å²) < 4.78 is 0. The third-order valence-electron chi connectivity index (χ3n) is 3.73. The van der Waals surface area contributed by atoms with Crippen molar-refractivity contribution in [1.82, 2.24) is 0 Å². The summed E-state index contributed by atoms with van der Waals surface area (Å²) in [7, 11) is 0. The van der Waals surface area contributed by atoms with E-state index in [2.05, 4.69) is 12.1 Å². The van der Waals surface area contributed by atoms with Crippen molar-refractivity contribution >= 4 is 0 Å². The molecule has 0 N–H and O–H groups in total. The van der Waals surface area contributed by atoms with Crippen LogP contribution >= 0.6 is 0 Å². The van der Waals surface area contributed by atoms with E-state index in [1.807, 2.05) is 30.3 Å². The second-order valence-corrected chi connectivity index (χ2v) is 4.72. The number of hydrogen-bond donors (Lipinski definition) is 0. The summed E-state index contributed by atoms with van der Waals surface area (Å²) >= 11 is 0. The van der Waals surface area contributed by atoms with Crippen LogP contribution in [0.2, 0.25) is 0 Å². The van der Waals surface area contributed by atoms with E-state index < -0.39 is 5.92 Å². The van der Waals surface area contributed by atoms with Crippen molar-refractivity contribution in [2.24, 2.45) is 11.8 Å². The van der Waals surface area contributed by atoms with Gasteiger partial charge in [-0.05, 0) is 24.3 Å². The third kappa shape index (κ3) is 2.48. The summed E-state index contributed by atoms with van der Waals surface area (Å²) in [6.45, 7) is 0. The zero-order valence-electron chi connectivity index (χ0n) is 9.84. The third-order valence-corrected chi connectivity index (χ3v) is 3.73. The molecule has 2 heteroatoms. The fraction of sp³-hybridized carbons (Fsp3) is 0.467. The van der Waals surface area contributed by atoms with E-state index in [0.717, 1.165) is 18.4 Å². The lowest BCUT2D eigenvalue weighted by molar-refractivity contribution is 0.399. The van der Waals surface area contributed by atoms with Crippen LogP contribution in [0.1, 0.15) is 37.2 Å². The Morgan fingerprint density at radius 3 is 2.12 bits per heavy atom. The van der Waals surface area contributed by atoms with Crippen LogP contribution in [0.5, 0.6) is 0 Å². The van der Waals surface area contributed by atoms with E-state index in [1.54, 1.807) is 0 Å². The molecule has 1 aromatic carbocycles. The quantitative estimate of drug-likeness (QED) is 0.787. The van der Waals surface area contributed by atoms with Crippen molar-refractivity contribution in [3.8, 4) is 12.1 Å². The maximum Gasteiger partial charge on any atom is 0.140 e. The second kappa shape index (κ2) is 5.51. The van der Waals surface area contributed by atoms with Gasteiger partial charge in [0.25, 0.3) is 0 Å². The number of nitrogens with zero attached hydrogens (tertiary/aromatic N) is 2. The van der Waals surface area contributed by atoms with E-state index in [1.165, 1.54) is 12.8 Å². The van der Waals surface area contributed by atoms with Crippen molar-refractivity contribution in [2.75, 3.05) is 0 Å². The van der Waals surface area contributed by atoms with Gasteiger partial charge >= 0.3 is 0 Å². The molecule has 0 spiro atoms. The predicted molar refractivity (Wildman–Crippen MR) is 65.9 cm³/mol. The lowest BCUT2D eigenvalue weighted by atomic mass is 9.77. The molecule has 2 rings (SSSR count). The maximum absolute atomic E-state index is 9.15. The molecule has 1 aliphatic rings. The molecule has 2 nitrogen and oxygen atoms in total. The Labute approximate surface area is 102 Å². The molecule has 0 aliphatic heterocycles. The molecule has 1 fully saturated rings. The molecule has 0 aromatic heterocycles. The Morgan fingerprint density at radius 2 is 1.59 bits per heavy atom. The highest BCUT2D eigenvalue weighted by atomic mass is 14.4. The van der Waals surface area contributed by atoms with E-state index in [4.69, 9.17) is 10.5 Å². The number of nitriles is 2. The molecule has 1 aliphatic carbocycles. The minimum Gasteiger partial charge on any atom is -0.197 e. The Kier molecular flexibility index (Phi) is 3.78. The zero-order chi connectivity index (χ0) is 12.1. The van der Waals surface area contributed by atoms with Gasteiger partial charge in [-0.2, -0.15) is 10.5 Å². The Hall–Kier alpha value is -1.80. The fourth-order valence-electron chi connectivity index (χ4n) is 2.92. The summed E-state index contributed by atoms with van der Waals surface area (Å²) in [5, 5.41) is 18.3. The van der Waals surface area contributed by atoms with Crippen LogP contribution < -0.4 is 0 Å². The van der Waals surface area contributed by atoms with Crippen LogP contribution in [0.15, 0.2) is 30.3 Å². The van der Waals surface area contributed by atoms with Gasteiger partial charge in [-0.25, -0.2) is 0 Å². The number of hydrogen-bond acceptors (Lipinski definition) is 2. The van der Waals surface area contributed by atoms with E-state index in [9.17, 15) is 0 Å². The average Bonchev–Trinajstić information content (AvgIpc) is 2.90. The van der Waals surface area contributed by atoms with Gasteiger partial charge in [-0.3, -0.25) is 0 Å². The highest BCUT2D eigenvalue weighted by Crippen LogP contribution is 2.41. The molecule has 0 radical (unpaired) electrons. The van der Waals surface area contributed by atoms with Gasteiger partial charge in [-0.1, -0.05) is 43.2 Å². The van der Waals surface area contributed by atoms with Crippen molar-refractivity contribution in [1.29, 1.82) is 10.5 Å². The topological polar surface area (TPSA) is 47.6 Å². The van der Waals surface area contributed by atoms with Crippen molar-refractivity contribution in [3.63, 3.8) is 0 Å². The summed E-state index contributed by atoms with van der Waals surface area (Å²) in [4.78, 5) is 0. The van der Waals surface area contributed by atoms with Gasteiger partial charge in [0.15, 0.2) is 0 Å². The minimum absolute atomic E-state index is 0.0914. The minimum atomic E-state index is -0.513. The fourth-order valence-corrected chi connectivity index (χ4v) is 2.92. The molecular formula is C15H16N2. The van der Waals surface area contributed by atoms with Crippen LogP contribution in [0.3, 0.4) is 0 Å². The van der Waals surface area contributed by atoms with Crippen LogP contribution in [0.4, 0.5) is 0 Å². The summed E-state index contributed by atoms with van der Waals surface area (Å²) in [6, 6.07) is 14.4. The molecule has 17 heavy (non-hydrogen) atoms. The molecule has 1 saturated carbocycles. The second-order valence-electron chi connectivity index (χ2n) is 4.72. The first-order chi connectivity index (χ1) is 8.36. The highest BCUT2D eigenvalue weighted by molar-refractivity contribution is 5.26. The molecule has 0 heterocycles. The van der Waals surface area contributed by atoms with Gasteiger partial charge in [0.2, 0.25) is 0 Å². The first kappa shape index (κ1) is 11.7. The van der Waals surface area contributed by atoms with Crippen molar-refractivity contribution in [3.05, 3.63) is 35.9 Å². The Bertz CT molecular complexity index is 418. The monoisotopic (exact) mass is 224 g/mol. The number of benzene rings is 1. The Balaban J connectivity index is 2.31. The summed E-state index contributed by atoms with van der Waals surface area (Å²) in [5.41, 5.74) is 1.15. The molecule has 86 valence electrons. The molecule has 1 unspecified atom stereocenters. The lowest BCUT2D eigenvalue weighted by Gasteiger charge is -2.24. The zero-order valence-corrected chi connectivity index (χ0v) is 9.84. The van der Waals surface area contributed by atoms with Crippen LogP contribution in [-0.2, 0) is 0 Å². The van der Waals surface area contributed by atoms with Gasteiger partial charge in [0, 0.05) is 5.92 Å². The van der Waals surface area contributed by atoms with Crippen LogP contribution in [0, 0.1) is 34.5 Å². The van der Waals surface area contributed by atoms with Gasteiger partial charge in [0.05, 0.1) is 12.1 Å². The van der Waals surface area contributed by atoms with Crippen LogP contribution in [0.25, 0.3) is 0 Å². The summed E-state index contributed by atoms with van der Waals surface area (Å²) in [5.74, 6) is 0.0795.